The highest BCUT2D eigenvalue weighted by Crippen LogP contribution is 2.26. The highest BCUT2D eigenvalue weighted by molar-refractivity contribution is 5.95. The lowest BCUT2D eigenvalue weighted by Gasteiger charge is -2.16. The monoisotopic (exact) mass is 191 g/mol. The predicted octanol–water partition coefficient (Wildman–Crippen LogP) is 1.83. The van der Waals surface area contributed by atoms with Gasteiger partial charge in [0.25, 0.3) is 0 Å². The van der Waals surface area contributed by atoms with Gasteiger partial charge in [-0.2, -0.15) is 0 Å². The fourth-order valence-corrected chi connectivity index (χ4v) is 1.73. The molecule has 74 valence electrons. The topological polar surface area (TPSA) is 40.5 Å². The Bertz CT molecular complexity index is 374. The Morgan fingerprint density at radius 3 is 2.79 bits per heavy atom. The second kappa shape index (κ2) is 3.33. The standard InChI is InChI=1S/C11H13NO2/c1-8-7-9(4-5-10(8)13)12-6-2-3-11(12)14/h4-5,7,13H,2-3,6H2,1H3. The molecule has 0 radical (unpaired) electrons. The number of nitrogens with zero attached hydrogens (tertiary/aromatic N) is 1. The van der Waals surface area contributed by atoms with Gasteiger partial charge in [-0.1, -0.05) is 0 Å². The summed E-state index contributed by atoms with van der Waals surface area (Å²) >= 11 is 0. The molecule has 0 aromatic heterocycles. The summed E-state index contributed by atoms with van der Waals surface area (Å²) in [6.07, 6.45) is 1.57. The third kappa shape index (κ3) is 1.45. The molecule has 3 heteroatoms. The van der Waals surface area contributed by atoms with Gasteiger partial charge < -0.3 is 10.0 Å². The van der Waals surface area contributed by atoms with Crippen molar-refractivity contribution in [3.63, 3.8) is 0 Å². The molecule has 3 nitrogen and oxygen atoms in total. The third-order valence-corrected chi connectivity index (χ3v) is 2.57. The summed E-state index contributed by atoms with van der Waals surface area (Å²) in [5.74, 6) is 0.454. The van der Waals surface area contributed by atoms with E-state index in [0.717, 1.165) is 24.2 Å². The van der Waals surface area contributed by atoms with Crippen molar-refractivity contribution >= 4 is 11.6 Å². The van der Waals surface area contributed by atoms with E-state index in [1.54, 1.807) is 17.0 Å². The molecular weight excluding hydrogens is 178 g/mol. The molecule has 0 saturated carbocycles. The summed E-state index contributed by atoms with van der Waals surface area (Å²) in [5, 5.41) is 9.35. The number of phenolic OH excluding ortho intramolecular Hbond substituents is 1. The maximum atomic E-state index is 11.4. The van der Waals surface area contributed by atoms with E-state index < -0.39 is 0 Å². The van der Waals surface area contributed by atoms with E-state index in [2.05, 4.69) is 0 Å². The van der Waals surface area contributed by atoms with Crippen molar-refractivity contribution in [1.82, 2.24) is 0 Å². The van der Waals surface area contributed by atoms with Crippen molar-refractivity contribution in [3.05, 3.63) is 23.8 Å². The van der Waals surface area contributed by atoms with Crippen LogP contribution >= 0.6 is 0 Å². The average Bonchev–Trinajstić information content (AvgIpc) is 2.57. The summed E-state index contributed by atoms with van der Waals surface area (Å²) in [6, 6.07) is 5.26. The number of hydrogen-bond acceptors (Lipinski definition) is 2. The Morgan fingerprint density at radius 1 is 1.43 bits per heavy atom. The number of rotatable bonds is 1. The van der Waals surface area contributed by atoms with Gasteiger partial charge in [-0.05, 0) is 37.1 Å². The van der Waals surface area contributed by atoms with E-state index in [9.17, 15) is 9.90 Å². The molecule has 0 aliphatic carbocycles. The highest BCUT2D eigenvalue weighted by Gasteiger charge is 2.21. The number of anilines is 1. The molecule has 1 aromatic rings. The van der Waals surface area contributed by atoms with E-state index in [1.807, 2.05) is 13.0 Å². The SMILES string of the molecule is Cc1cc(N2CCCC2=O)ccc1O. The van der Waals surface area contributed by atoms with Crippen molar-refractivity contribution in [2.75, 3.05) is 11.4 Å². The normalized spacial score (nSPS) is 16.4. The maximum absolute atomic E-state index is 11.4. The summed E-state index contributed by atoms with van der Waals surface area (Å²) in [6.45, 7) is 2.63. The molecule has 1 aromatic carbocycles. The molecule has 1 aliphatic rings. The summed E-state index contributed by atoms with van der Waals surface area (Å²) in [4.78, 5) is 13.2. The van der Waals surface area contributed by atoms with Gasteiger partial charge in [0.05, 0.1) is 0 Å². The fourth-order valence-electron chi connectivity index (χ4n) is 1.73. The van der Waals surface area contributed by atoms with E-state index in [4.69, 9.17) is 0 Å². The van der Waals surface area contributed by atoms with Crippen molar-refractivity contribution < 1.29 is 9.90 Å². The fraction of sp³-hybridized carbons (Fsp3) is 0.364. The molecule has 0 atom stereocenters. The second-order valence-corrected chi connectivity index (χ2v) is 3.62. The van der Waals surface area contributed by atoms with Gasteiger partial charge in [-0.15, -0.1) is 0 Å². The molecule has 1 heterocycles. The number of carbonyl (C=O) groups excluding carboxylic acids is 1. The second-order valence-electron chi connectivity index (χ2n) is 3.62. The smallest absolute Gasteiger partial charge is 0.227 e. The van der Waals surface area contributed by atoms with Crippen LogP contribution in [-0.2, 0) is 4.79 Å². The van der Waals surface area contributed by atoms with Gasteiger partial charge in [0.15, 0.2) is 0 Å². The first kappa shape index (κ1) is 9.06. The van der Waals surface area contributed by atoms with Crippen LogP contribution in [-0.4, -0.2) is 17.6 Å². The molecule has 14 heavy (non-hydrogen) atoms. The van der Waals surface area contributed by atoms with Crippen molar-refractivity contribution in [3.8, 4) is 5.75 Å². The van der Waals surface area contributed by atoms with Gasteiger partial charge in [0.2, 0.25) is 5.91 Å². The lowest BCUT2D eigenvalue weighted by Crippen LogP contribution is -2.23. The van der Waals surface area contributed by atoms with Crippen molar-refractivity contribution in [2.45, 2.75) is 19.8 Å². The van der Waals surface area contributed by atoms with Crippen LogP contribution in [0.25, 0.3) is 0 Å². The average molecular weight is 191 g/mol. The number of hydrogen-bond donors (Lipinski definition) is 1. The minimum atomic E-state index is 0.176. The Hall–Kier alpha value is -1.51. The van der Waals surface area contributed by atoms with Crippen LogP contribution in [0, 0.1) is 6.92 Å². The minimum absolute atomic E-state index is 0.176. The van der Waals surface area contributed by atoms with Gasteiger partial charge in [-0.3, -0.25) is 4.79 Å². The van der Waals surface area contributed by atoms with Gasteiger partial charge in [0, 0.05) is 18.7 Å². The van der Waals surface area contributed by atoms with E-state index >= 15 is 0 Å². The predicted molar refractivity (Wildman–Crippen MR) is 54.4 cm³/mol. The molecule has 1 saturated heterocycles. The Morgan fingerprint density at radius 2 is 2.21 bits per heavy atom. The maximum Gasteiger partial charge on any atom is 0.227 e. The molecule has 1 fully saturated rings. The Labute approximate surface area is 83.0 Å². The number of benzene rings is 1. The van der Waals surface area contributed by atoms with Crippen molar-refractivity contribution in [2.24, 2.45) is 0 Å². The summed E-state index contributed by atoms with van der Waals surface area (Å²) in [7, 11) is 0. The van der Waals surface area contributed by atoms with E-state index in [1.165, 1.54) is 0 Å². The zero-order valence-corrected chi connectivity index (χ0v) is 8.16. The molecule has 0 unspecified atom stereocenters. The molecular formula is C11H13NO2. The molecule has 2 rings (SSSR count). The van der Waals surface area contributed by atoms with Crippen molar-refractivity contribution in [1.29, 1.82) is 0 Å². The molecule has 1 aliphatic heterocycles. The zero-order valence-electron chi connectivity index (χ0n) is 8.16. The molecule has 1 N–H and O–H groups in total. The number of phenols is 1. The summed E-state index contributed by atoms with van der Waals surface area (Å²) in [5.41, 5.74) is 1.70. The van der Waals surface area contributed by atoms with E-state index in [0.29, 0.717) is 6.42 Å². The molecule has 0 spiro atoms. The van der Waals surface area contributed by atoms with Gasteiger partial charge in [0.1, 0.15) is 5.75 Å². The number of amides is 1. The Kier molecular flexibility index (Phi) is 2.15. The van der Waals surface area contributed by atoms with Crippen LogP contribution in [0.2, 0.25) is 0 Å². The number of carbonyl (C=O) groups is 1. The number of aromatic hydroxyl groups is 1. The Balaban J connectivity index is 2.32. The van der Waals surface area contributed by atoms with Crippen LogP contribution < -0.4 is 4.90 Å². The van der Waals surface area contributed by atoms with Crippen LogP contribution in [0.4, 0.5) is 5.69 Å². The summed E-state index contributed by atoms with van der Waals surface area (Å²) < 4.78 is 0. The highest BCUT2D eigenvalue weighted by atomic mass is 16.3. The third-order valence-electron chi connectivity index (χ3n) is 2.57. The van der Waals surface area contributed by atoms with Gasteiger partial charge >= 0.3 is 0 Å². The lowest BCUT2D eigenvalue weighted by atomic mass is 10.2. The first-order valence-electron chi connectivity index (χ1n) is 4.78. The molecule has 1 amide bonds. The largest absolute Gasteiger partial charge is 0.508 e. The molecule has 0 bridgehead atoms. The minimum Gasteiger partial charge on any atom is -0.508 e. The van der Waals surface area contributed by atoms with Gasteiger partial charge in [-0.25, -0.2) is 0 Å². The quantitative estimate of drug-likeness (QED) is 0.735. The van der Waals surface area contributed by atoms with E-state index in [-0.39, 0.29) is 11.7 Å². The first-order chi connectivity index (χ1) is 6.68. The van der Waals surface area contributed by atoms with Crippen LogP contribution in [0.5, 0.6) is 5.75 Å². The lowest BCUT2D eigenvalue weighted by molar-refractivity contribution is -0.117. The number of aryl methyl sites for hydroxylation is 1. The van der Waals surface area contributed by atoms with Crippen LogP contribution in [0.15, 0.2) is 18.2 Å². The zero-order chi connectivity index (χ0) is 10.1. The van der Waals surface area contributed by atoms with Crippen LogP contribution in [0.1, 0.15) is 18.4 Å². The van der Waals surface area contributed by atoms with Crippen LogP contribution in [0.3, 0.4) is 0 Å². The first-order valence-corrected chi connectivity index (χ1v) is 4.78.